The molecule has 0 aromatic heterocycles. The average molecular weight is 302 g/mol. The molecule has 120 valence electrons. The van der Waals surface area contributed by atoms with Crippen LogP contribution in [0.15, 0.2) is 11.3 Å². The molecule has 22 heavy (non-hydrogen) atoms. The van der Waals surface area contributed by atoms with Crippen LogP contribution in [0.3, 0.4) is 0 Å². The van der Waals surface area contributed by atoms with E-state index in [2.05, 4.69) is 13.8 Å². The third kappa shape index (κ3) is 1.63. The van der Waals surface area contributed by atoms with Gasteiger partial charge in [0.2, 0.25) is 0 Å². The van der Waals surface area contributed by atoms with Crippen LogP contribution < -0.4 is 0 Å². The molecule has 1 N–H and O–H groups in total. The molecule has 0 amide bonds. The Labute approximate surface area is 132 Å². The Balaban J connectivity index is 1.73. The number of allylic oxidation sites excluding steroid dienone is 1. The van der Waals surface area contributed by atoms with Gasteiger partial charge >= 0.3 is 0 Å². The summed E-state index contributed by atoms with van der Waals surface area (Å²) in [7, 11) is 0. The highest BCUT2D eigenvalue weighted by Crippen LogP contribution is 2.64. The van der Waals surface area contributed by atoms with Crippen LogP contribution in [0.1, 0.15) is 65.2 Å². The first-order chi connectivity index (χ1) is 10.4. The first-order valence-electron chi connectivity index (χ1n) is 8.87. The van der Waals surface area contributed by atoms with E-state index >= 15 is 0 Å². The number of aliphatic hydroxyl groups is 1. The molecule has 3 heteroatoms. The fourth-order valence-electron chi connectivity index (χ4n) is 6.46. The van der Waals surface area contributed by atoms with Gasteiger partial charge in [-0.05, 0) is 67.3 Å². The Morgan fingerprint density at radius 3 is 2.41 bits per heavy atom. The number of hydrogen-bond donors (Lipinski definition) is 1. The number of aliphatic hydroxyl groups excluding tert-OH is 1. The van der Waals surface area contributed by atoms with Gasteiger partial charge in [0.15, 0.2) is 11.5 Å². The molecule has 0 aromatic rings. The normalized spacial score (nSPS) is 48.0. The molecule has 3 saturated carbocycles. The molecule has 0 heterocycles. The lowest BCUT2D eigenvalue weighted by Gasteiger charge is -2.56. The van der Waals surface area contributed by atoms with Crippen molar-refractivity contribution in [3.05, 3.63) is 11.3 Å². The molecular formula is C19H26O3. The molecule has 0 spiro atoms. The summed E-state index contributed by atoms with van der Waals surface area (Å²) in [5.41, 5.74) is 0.914. The van der Waals surface area contributed by atoms with Crippen molar-refractivity contribution in [2.24, 2.45) is 28.6 Å². The van der Waals surface area contributed by atoms with Crippen molar-refractivity contribution in [2.75, 3.05) is 0 Å². The van der Waals surface area contributed by atoms with Crippen molar-refractivity contribution in [3.8, 4) is 0 Å². The first-order valence-corrected chi connectivity index (χ1v) is 8.87. The van der Waals surface area contributed by atoms with Gasteiger partial charge in [0.25, 0.3) is 0 Å². The lowest BCUT2D eigenvalue weighted by atomic mass is 9.47. The zero-order chi connectivity index (χ0) is 15.7. The Morgan fingerprint density at radius 1 is 0.909 bits per heavy atom. The fraction of sp³-hybridized carbons (Fsp3) is 0.789. The van der Waals surface area contributed by atoms with Crippen LogP contribution in [0, 0.1) is 28.6 Å². The molecule has 3 fully saturated rings. The summed E-state index contributed by atoms with van der Waals surface area (Å²) in [4.78, 5) is 24.2. The summed E-state index contributed by atoms with van der Waals surface area (Å²) >= 11 is 0. The fourth-order valence-corrected chi connectivity index (χ4v) is 6.46. The molecule has 4 aliphatic rings. The van der Waals surface area contributed by atoms with Gasteiger partial charge in [0, 0.05) is 18.3 Å². The molecule has 0 saturated heterocycles. The van der Waals surface area contributed by atoms with Crippen LogP contribution in [0.25, 0.3) is 0 Å². The predicted molar refractivity (Wildman–Crippen MR) is 83.3 cm³/mol. The molecule has 3 nitrogen and oxygen atoms in total. The number of rotatable bonds is 0. The minimum Gasteiger partial charge on any atom is -0.504 e. The minimum absolute atomic E-state index is 0.0200. The number of fused-ring (bicyclic) bond motifs is 5. The largest absolute Gasteiger partial charge is 0.504 e. The molecule has 3 unspecified atom stereocenters. The van der Waals surface area contributed by atoms with Gasteiger partial charge in [-0.3, -0.25) is 9.59 Å². The van der Waals surface area contributed by atoms with Crippen molar-refractivity contribution in [2.45, 2.75) is 65.2 Å². The second-order valence-electron chi connectivity index (χ2n) is 8.50. The topological polar surface area (TPSA) is 54.4 Å². The highest BCUT2D eigenvalue weighted by Gasteiger charge is 2.59. The summed E-state index contributed by atoms with van der Waals surface area (Å²) < 4.78 is 0. The van der Waals surface area contributed by atoms with E-state index in [9.17, 15) is 14.7 Å². The van der Waals surface area contributed by atoms with Crippen molar-refractivity contribution in [1.29, 1.82) is 0 Å². The maximum atomic E-state index is 12.4. The Bertz CT molecular complexity index is 589. The first kappa shape index (κ1) is 14.5. The van der Waals surface area contributed by atoms with E-state index in [4.69, 9.17) is 0 Å². The van der Waals surface area contributed by atoms with E-state index in [1.54, 1.807) is 0 Å². The van der Waals surface area contributed by atoms with Crippen LogP contribution in [-0.4, -0.2) is 16.7 Å². The van der Waals surface area contributed by atoms with Gasteiger partial charge in [-0.25, -0.2) is 0 Å². The van der Waals surface area contributed by atoms with Gasteiger partial charge in [0.1, 0.15) is 5.78 Å². The molecule has 4 rings (SSSR count). The summed E-state index contributed by atoms with van der Waals surface area (Å²) in [6.45, 7) is 4.46. The summed E-state index contributed by atoms with van der Waals surface area (Å²) in [5.74, 6) is 2.14. The molecule has 0 radical (unpaired) electrons. The number of carbonyl (C=O) groups excluding carboxylic acids is 2. The van der Waals surface area contributed by atoms with E-state index in [1.807, 2.05) is 0 Å². The highest BCUT2D eigenvalue weighted by molar-refractivity contribution is 5.95. The second-order valence-corrected chi connectivity index (χ2v) is 8.50. The summed E-state index contributed by atoms with van der Waals surface area (Å²) in [6.07, 6.45) is 7.13. The van der Waals surface area contributed by atoms with E-state index in [1.165, 1.54) is 0 Å². The Morgan fingerprint density at radius 2 is 1.64 bits per heavy atom. The molecule has 5 atom stereocenters. The number of Topliss-reactive ketones (excluding diaryl/α,β-unsaturated/α-hetero) is 2. The number of ketones is 2. The van der Waals surface area contributed by atoms with Crippen molar-refractivity contribution in [1.82, 2.24) is 0 Å². The molecule has 0 aromatic carbocycles. The molecule has 0 aliphatic heterocycles. The van der Waals surface area contributed by atoms with Gasteiger partial charge in [-0.1, -0.05) is 13.8 Å². The smallest absolute Gasteiger partial charge is 0.197 e. The van der Waals surface area contributed by atoms with E-state index in [0.717, 1.165) is 50.5 Å². The SMILES string of the molecule is CC12CC[C@H]3C(CCC4=C(O)C(=O)CCC43C)[C@@H]1CCC2=O. The standard InChI is InChI=1S/C19H26O3/c1-18-10-8-15(20)17(22)14(18)4-3-11-12-5-6-16(21)19(12,2)9-7-13(11)18/h11-13,22H,3-10H2,1-2H3/t11?,12-,13-,18?,19?/m0/s1. The van der Waals surface area contributed by atoms with Gasteiger partial charge in [-0.15, -0.1) is 0 Å². The molecule has 0 bridgehead atoms. The van der Waals surface area contributed by atoms with Crippen LogP contribution in [0.5, 0.6) is 0 Å². The molecule has 4 aliphatic carbocycles. The zero-order valence-corrected chi connectivity index (χ0v) is 13.7. The van der Waals surface area contributed by atoms with Crippen molar-refractivity contribution >= 4 is 11.6 Å². The van der Waals surface area contributed by atoms with Crippen molar-refractivity contribution < 1.29 is 14.7 Å². The van der Waals surface area contributed by atoms with Gasteiger partial charge < -0.3 is 5.11 Å². The highest BCUT2D eigenvalue weighted by atomic mass is 16.3. The summed E-state index contributed by atoms with van der Waals surface area (Å²) in [5, 5.41) is 10.3. The monoisotopic (exact) mass is 302 g/mol. The van der Waals surface area contributed by atoms with E-state index in [0.29, 0.717) is 30.0 Å². The van der Waals surface area contributed by atoms with Gasteiger partial charge in [-0.2, -0.15) is 0 Å². The summed E-state index contributed by atoms with van der Waals surface area (Å²) in [6, 6.07) is 0. The van der Waals surface area contributed by atoms with Crippen LogP contribution in [0.4, 0.5) is 0 Å². The van der Waals surface area contributed by atoms with E-state index < -0.39 is 0 Å². The second kappa shape index (κ2) is 4.46. The van der Waals surface area contributed by atoms with Crippen molar-refractivity contribution in [3.63, 3.8) is 0 Å². The number of carbonyl (C=O) groups is 2. The third-order valence-electron chi connectivity index (χ3n) is 7.80. The zero-order valence-electron chi connectivity index (χ0n) is 13.7. The third-order valence-corrected chi connectivity index (χ3v) is 7.80. The number of hydrogen-bond acceptors (Lipinski definition) is 3. The van der Waals surface area contributed by atoms with Crippen LogP contribution in [-0.2, 0) is 9.59 Å². The van der Waals surface area contributed by atoms with Crippen LogP contribution >= 0.6 is 0 Å². The Kier molecular flexibility index (Phi) is 2.93. The quantitative estimate of drug-likeness (QED) is 0.736. The lowest BCUT2D eigenvalue weighted by molar-refractivity contribution is -0.133. The molecular weight excluding hydrogens is 276 g/mol. The van der Waals surface area contributed by atoms with Gasteiger partial charge in [0.05, 0.1) is 0 Å². The maximum Gasteiger partial charge on any atom is 0.197 e. The Hall–Kier alpha value is -1.12. The lowest BCUT2D eigenvalue weighted by Crippen LogP contribution is -2.51. The maximum absolute atomic E-state index is 12.4. The average Bonchev–Trinajstić information content (AvgIpc) is 2.79. The van der Waals surface area contributed by atoms with E-state index in [-0.39, 0.29) is 22.4 Å². The van der Waals surface area contributed by atoms with Crippen LogP contribution in [0.2, 0.25) is 0 Å². The predicted octanol–water partition coefficient (Wildman–Crippen LogP) is 3.97. The minimum atomic E-state index is -0.0920.